The van der Waals surface area contributed by atoms with Crippen LogP contribution in [-0.2, 0) is 27.3 Å². The number of benzene rings is 2. The minimum atomic E-state index is -0.895. The van der Waals surface area contributed by atoms with Crippen LogP contribution in [0.4, 0.5) is 10.1 Å². The number of ether oxygens (including phenoxy) is 1. The molecule has 0 aliphatic heterocycles. The summed E-state index contributed by atoms with van der Waals surface area (Å²) in [5, 5.41) is 15.0. The Kier molecular flexibility index (Phi) is 6.34. The van der Waals surface area contributed by atoms with Crippen molar-refractivity contribution in [2.75, 3.05) is 11.9 Å². The van der Waals surface area contributed by atoms with E-state index in [2.05, 4.69) is 10.4 Å². The van der Waals surface area contributed by atoms with Crippen LogP contribution in [0.15, 0.2) is 57.7 Å². The summed E-state index contributed by atoms with van der Waals surface area (Å²) in [4.78, 5) is 35.6. The van der Waals surface area contributed by atoms with Gasteiger partial charge in [0.15, 0.2) is 6.61 Å². The predicted octanol–water partition coefficient (Wildman–Crippen LogP) is 1.89. The highest BCUT2D eigenvalue weighted by atomic mass is 19.1. The van der Waals surface area contributed by atoms with Crippen LogP contribution in [0.1, 0.15) is 5.56 Å². The SMILES string of the molecule is N#CCc1ccc(NC(=O)COC(=O)Cn2nc(-c3ccc(F)cc3)oc2=O)cc1. The van der Waals surface area contributed by atoms with Gasteiger partial charge in [0, 0.05) is 11.3 Å². The van der Waals surface area contributed by atoms with Crippen molar-refractivity contribution < 1.29 is 23.1 Å². The van der Waals surface area contributed by atoms with Gasteiger partial charge in [-0.05, 0) is 42.0 Å². The zero-order chi connectivity index (χ0) is 21.5. The number of rotatable bonds is 7. The highest BCUT2D eigenvalue weighted by Gasteiger charge is 2.15. The number of anilines is 1. The molecule has 1 N–H and O–H groups in total. The third-order valence-corrected chi connectivity index (χ3v) is 3.86. The minimum absolute atomic E-state index is 0.0783. The number of hydrogen-bond acceptors (Lipinski definition) is 7. The lowest BCUT2D eigenvalue weighted by Crippen LogP contribution is -2.26. The number of aromatic nitrogens is 2. The second-order valence-corrected chi connectivity index (χ2v) is 6.08. The molecule has 0 unspecified atom stereocenters. The maximum absolute atomic E-state index is 13.0. The van der Waals surface area contributed by atoms with Crippen molar-refractivity contribution in [2.24, 2.45) is 0 Å². The third-order valence-electron chi connectivity index (χ3n) is 3.86. The van der Waals surface area contributed by atoms with Gasteiger partial charge in [0.1, 0.15) is 12.4 Å². The van der Waals surface area contributed by atoms with Crippen molar-refractivity contribution in [2.45, 2.75) is 13.0 Å². The maximum atomic E-state index is 13.0. The van der Waals surface area contributed by atoms with Crippen LogP contribution >= 0.6 is 0 Å². The number of nitrogens with zero attached hydrogens (tertiary/aromatic N) is 3. The molecular weight excluding hydrogens is 395 g/mol. The van der Waals surface area contributed by atoms with Crippen molar-refractivity contribution >= 4 is 17.6 Å². The summed E-state index contributed by atoms with van der Waals surface area (Å²) in [5.74, 6) is -2.87. The fourth-order valence-electron chi connectivity index (χ4n) is 2.42. The van der Waals surface area contributed by atoms with Crippen LogP contribution in [0, 0.1) is 17.1 Å². The van der Waals surface area contributed by atoms with Crippen molar-refractivity contribution in [1.82, 2.24) is 9.78 Å². The summed E-state index contributed by atoms with van der Waals surface area (Å²) in [6, 6.07) is 13.8. The van der Waals surface area contributed by atoms with Crippen molar-refractivity contribution in [1.29, 1.82) is 5.26 Å². The van der Waals surface area contributed by atoms with E-state index in [9.17, 15) is 18.8 Å². The minimum Gasteiger partial charge on any atom is -0.454 e. The first kappa shape index (κ1) is 20.5. The summed E-state index contributed by atoms with van der Waals surface area (Å²) < 4.78 is 23.5. The average molecular weight is 410 g/mol. The monoisotopic (exact) mass is 410 g/mol. The van der Waals surface area contributed by atoms with Crippen molar-refractivity contribution in [3.63, 3.8) is 0 Å². The first-order chi connectivity index (χ1) is 14.4. The number of esters is 1. The van der Waals surface area contributed by atoms with Crippen LogP contribution in [0.2, 0.25) is 0 Å². The number of nitrogens with one attached hydrogen (secondary N) is 1. The van der Waals surface area contributed by atoms with Gasteiger partial charge in [0.25, 0.3) is 5.91 Å². The summed E-state index contributed by atoms with van der Waals surface area (Å²) in [7, 11) is 0. The Labute approximate surface area is 169 Å². The van der Waals surface area contributed by atoms with Crippen molar-refractivity contribution in [3.8, 4) is 17.5 Å². The van der Waals surface area contributed by atoms with Crippen molar-refractivity contribution in [3.05, 3.63) is 70.5 Å². The van der Waals surface area contributed by atoms with Crippen LogP contribution in [0.25, 0.3) is 11.5 Å². The van der Waals surface area contributed by atoms with E-state index in [1.165, 1.54) is 24.3 Å². The summed E-state index contributed by atoms with van der Waals surface area (Å²) in [5.41, 5.74) is 1.65. The Balaban J connectivity index is 1.52. The van der Waals surface area contributed by atoms with Crippen LogP contribution in [0.5, 0.6) is 0 Å². The molecule has 152 valence electrons. The standard InChI is InChI=1S/C20H15FN4O5/c21-15-5-3-14(4-6-15)19-24-25(20(28)30-19)11-18(27)29-12-17(26)23-16-7-1-13(2-8-16)9-10-22/h1-8H,9,11-12H2,(H,23,26). The lowest BCUT2D eigenvalue weighted by molar-refractivity contribution is -0.148. The Bertz CT molecular complexity index is 1140. The summed E-state index contributed by atoms with van der Waals surface area (Å²) in [6.45, 7) is -1.12. The molecule has 0 aliphatic carbocycles. The first-order valence-electron chi connectivity index (χ1n) is 8.70. The Morgan fingerprint density at radius 3 is 2.53 bits per heavy atom. The van der Waals surface area contributed by atoms with Gasteiger partial charge < -0.3 is 14.5 Å². The molecule has 0 fully saturated rings. The summed E-state index contributed by atoms with van der Waals surface area (Å²) >= 11 is 0. The Morgan fingerprint density at radius 1 is 1.17 bits per heavy atom. The Morgan fingerprint density at radius 2 is 1.87 bits per heavy atom. The molecule has 1 heterocycles. The van der Waals surface area contributed by atoms with Gasteiger partial charge in [-0.3, -0.25) is 9.59 Å². The highest BCUT2D eigenvalue weighted by molar-refractivity contribution is 5.92. The number of amides is 1. The van der Waals surface area contributed by atoms with E-state index in [1.807, 2.05) is 6.07 Å². The van der Waals surface area contributed by atoms with E-state index in [0.717, 1.165) is 10.2 Å². The largest absolute Gasteiger partial charge is 0.454 e. The normalized spacial score (nSPS) is 10.3. The molecule has 0 radical (unpaired) electrons. The average Bonchev–Trinajstić information content (AvgIpc) is 3.09. The molecule has 0 saturated carbocycles. The molecule has 10 heteroatoms. The number of carbonyl (C=O) groups excluding carboxylic acids is 2. The molecule has 2 aromatic carbocycles. The van der Waals surface area contributed by atoms with Gasteiger partial charge in [-0.15, -0.1) is 5.10 Å². The molecule has 9 nitrogen and oxygen atoms in total. The fourth-order valence-corrected chi connectivity index (χ4v) is 2.42. The molecule has 0 atom stereocenters. The zero-order valence-corrected chi connectivity index (χ0v) is 15.5. The highest BCUT2D eigenvalue weighted by Crippen LogP contribution is 2.15. The van der Waals surface area contributed by atoms with E-state index >= 15 is 0 Å². The smallest absolute Gasteiger partial charge is 0.437 e. The molecule has 0 aliphatic rings. The van der Waals surface area contributed by atoms with Gasteiger partial charge in [-0.25, -0.2) is 9.18 Å². The quantitative estimate of drug-likeness (QED) is 0.589. The van der Waals surface area contributed by atoms with Gasteiger partial charge in [0.2, 0.25) is 5.89 Å². The molecule has 3 rings (SSSR count). The van der Waals surface area contributed by atoms with Crippen LogP contribution in [0.3, 0.4) is 0 Å². The molecule has 0 bridgehead atoms. The fraction of sp³-hybridized carbons (Fsp3) is 0.150. The van der Waals surface area contributed by atoms with Crippen LogP contribution < -0.4 is 11.1 Å². The molecule has 0 saturated heterocycles. The molecule has 1 aromatic heterocycles. The third kappa shape index (κ3) is 5.39. The summed E-state index contributed by atoms with van der Waals surface area (Å²) in [6.07, 6.45) is 0.260. The molecule has 30 heavy (non-hydrogen) atoms. The lowest BCUT2D eigenvalue weighted by Gasteiger charge is -2.06. The topological polar surface area (TPSA) is 127 Å². The molecular formula is C20H15FN4O5. The second kappa shape index (κ2) is 9.29. The van der Waals surface area contributed by atoms with E-state index in [-0.39, 0.29) is 12.3 Å². The molecule has 0 spiro atoms. The molecule has 1 amide bonds. The first-order valence-corrected chi connectivity index (χ1v) is 8.70. The number of nitriles is 1. The number of carbonyl (C=O) groups is 2. The molecule has 3 aromatic rings. The van der Waals surface area contributed by atoms with E-state index in [4.69, 9.17) is 14.4 Å². The number of halogens is 1. The maximum Gasteiger partial charge on any atom is 0.437 e. The lowest BCUT2D eigenvalue weighted by atomic mass is 10.1. The van der Waals surface area contributed by atoms with Gasteiger partial charge >= 0.3 is 11.7 Å². The van der Waals surface area contributed by atoms with Crippen LogP contribution in [-0.4, -0.2) is 28.3 Å². The van der Waals surface area contributed by atoms with E-state index < -0.39 is 36.6 Å². The second-order valence-electron chi connectivity index (χ2n) is 6.08. The van der Waals surface area contributed by atoms with E-state index in [1.54, 1.807) is 24.3 Å². The zero-order valence-electron chi connectivity index (χ0n) is 15.5. The predicted molar refractivity (Wildman–Crippen MR) is 102 cm³/mol. The van der Waals surface area contributed by atoms with E-state index in [0.29, 0.717) is 11.3 Å². The number of hydrogen-bond donors (Lipinski definition) is 1. The van der Waals surface area contributed by atoms with Gasteiger partial charge in [0.05, 0.1) is 12.5 Å². The van der Waals surface area contributed by atoms with Gasteiger partial charge in [-0.2, -0.15) is 9.94 Å². The van der Waals surface area contributed by atoms with Gasteiger partial charge in [-0.1, -0.05) is 12.1 Å². The Hall–Kier alpha value is -4.26.